The summed E-state index contributed by atoms with van der Waals surface area (Å²) in [5, 5.41) is 1.64. The van der Waals surface area contributed by atoms with Crippen LogP contribution in [0.15, 0.2) is 34.1 Å². The highest BCUT2D eigenvalue weighted by Crippen LogP contribution is 2.33. The van der Waals surface area contributed by atoms with Crippen LogP contribution in [-0.4, -0.2) is 34.0 Å². The van der Waals surface area contributed by atoms with E-state index in [0.29, 0.717) is 16.9 Å². The second-order valence-corrected chi connectivity index (χ2v) is 9.85. The summed E-state index contributed by atoms with van der Waals surface area (Å²) < 4.78 is 1.05. The second kappa shape index (κ2) is 9.63. The molecule has 28 heavy (non-hydrogen) atoms. The van der Waals surface area contributed by atoms with E-state index in [0.717, 1.165) is 51.2 Å². The van der Waals surface area contributed by atoms with E-state index < -0.39 is 0 Å². The first-order valence-electron chi connectivity index (χ1n) is 9.65. The Morgan fingerprint density at radius 3 is 2.54 bits per heavy atom. The van der Waals surface area contributed by atoms with E-state index in [1.807, 2.05) is 30.3 Å². The van der Waals surface area contributed by atoms with Gasteiger partial charge < -0.3 is 10.6 Å². The second-order valence-electron chi connectivity index (χ2n) is 6.95. The summed E-state index contributed by atoms with van der Waals surface area (Å²) in [4.78, 5) is 13.1. The van der Waals surface area contributed by atoms with Crippen molar-refractivity contribution >= 4 is 49.8 Å². The van der Waals surface area contributed by atoms with Crippen molar-refractivity contribution in [3.05, 3.63) is 44.8 Å². The molecule has 0 aliphatic heterocycles. The van der Waals surface area contributed by atoms with E-state index in [-0.39, 0.29) is 6.04 Å². The Labute approximate surface area is 184 Å². The Kier molecular flexibility index (Phi) is 7.45. The first-order valence-corrected chi connectivity index (χ1v) is 11.6. The number of thiophene rings is 1. The predicted octanol–water partition coefficient (Wildman–Crippen LogP) is 6.28. The van der Waals surface area contributed by atoms with Crippen LogP contribution in [0, 0.1) is 0 Å². The van der Waals surface area contributed by atoms with Crippen molar-refractivity contribution in [1.82, 2.24) is 14.9 Å². The molecule has 150 valence electrons. The molecule has 2 N–H and O–H groups in total. The number of benzene rings is 1. The van der Waals surface area contributed by atoms with Crippen LogP contribution < -0.4 is 5.73 Å². The Bertz CT molecular complexity index is 941. The highest BCUT2D eigenvalue weighted by atomic mass is 79.9. The molecule has 0 saturated carbocycles. The third-order valence-corrected chi connectivity index (χ3v) is 7.02. The van der Waals surface area contributed by atoms with Gasteiger partial charge in [0, 0.05) is 22.5 Å². The van der Waals surface area contributed by atoms with E-state index in [9.17, 15) is 0 Å². The summed E-state index contributed by atoms with van der Waals surface area (Å²) >= 11 is 11.4. The number of hydrogen-bond donors (Lipinski definition) is 1. The lowest BCUT2D eigenvalue weighted by molar-refractivity contribution is 0.215. The zero-order valence-electron chi connectivity index (χ0n) is 16.5. The molecule has 0 amide bonds. The smallest absolute Gasteiger partial charge is 0.170 e. The van der Waals surface area contributed by atoms with Crippen molar-refractivity contribution in [1.29, 1.82) is 0 Å². The summed E-state index contributed by atoms with van der Waals surface area (Å²) in [5.74, 6) is 0.702. The van der Waals surface area contributed by atoms with Crippen molar-refractivity contribution in [2.45, 2.75) is 45.7 Å². The largest absolute Gasteiger partial charge is 0.323 e. The number of rotatable bonds is 8. The molecule has 4 nitrogen and oxygen atoms in total. The molecule has 0 bridgehead atoms. The molecule has 2 atom stereocenters. The zero-order chi connectivity index (χ0) is 20.3. The van der Waals surface area contributed by atoms with Crippen LogP contribution in [-0.2, 0) is 0 Å². The van der Waals surface area contributed by atoms with Crippen LogP contribution in [0.1, 0.15) is 45.3 Å². The maximum absolute atomic E-state index is 6.64. The van der Waals surface area contributed by atoms with Crippen LogP contribution in [0.25, 0.3) is 21.6 Å². The number of hydrogen-bond acceptors (Lipinski definition) is 5. The molecular weight excluding hydrogens is 456 g/mol. The van der Waals surface area contributed by atoms with Gasteiger partial charge in [-0.2, -0.15) is 0 Å². The van der Waals surface area contributed by atoms with E-state index in [4.69, 9.17) is 27.3 Å². The number of fused-ring (bicyclic) bond motifs is 1. The summed E-state index contributed by atoms with van der Waals surface area (Å²) in [6.45, 7) is 8.78. The van der Waals surface area contributed by atoms with E-state index >= 15 is 0 Å². The first kappa shape index (κ1) is 21.7. The molecule has 7 heteroatoms. The molecule has 2 aromatic heterocycles. The molecule has 3 aromatic rings. The van der Waals surface area contributed by atoms with Crippen LogP contribution in [0.5, 0.6) is 0 Å². The van der Waals surface area contributed by atoms with Gasteiger partial charge >= 0.3 is 0 Å². The molecule has 0 aliphatic rings. The fraction of sp³-hybridized carbons (Fsp3) is 0.429. The molecule has 0 radical (unpaired) electrons. The highest BCUT2D eigenvalue weighted by Gasteiger charge is 2.19. The van der Waals surface area contributed by atoms with Gasteiger partial charge in [-0.1, -0.05) is 25.4 Å². The Morgan fingerprint density at radius 1 is 1.14 bits per heavy atom. The molecule has 0 spiro atoms. The molecule has 0 saturated heterocycles. The van der Waals surface area contributed by atoms with Crippen LogP contribution >= 0.6 is 38.9 Å². The summed E-state index contributed by atoms with van der Waals surface area (Å²) in [6.07, 6.45) is 1.90. The van der Waals surface area contributed by atoms with Gasteiger partial charge in [0.1, 0.15) is 0 Å². The monoisotopic (exact) mass is 480 g/mol. The maximum Gasteiger partial charge on any atom is 0.170 e. The van der Waals surface area contributed by atoms with Crippen LogP contribution in [0.3, 0.4) is 0 Å². The van der Waals surface area contributed by atoms with Crippen molar-refractivity contribution in [3.8, 4) is 10.7 Å². The SMILES string of the molecule is CCN(CC)C(C)CCC(N)c1nc(-c2ccc(Br)s2)nc2cc(Cl)ccc12. The summed E-state index contributed by atoms with van der Waals surface area (Å²) in [6, 6.07) is 10.1. The van der Waals surface area contributed by atoms with Crippen molar-refractivity contribution in [3.63, 3.8) is 0 Å². The van der Waals surface area contributed by atoms with Crippen LogP contribution in [0.4, 0.5) is 0 Å². The molecule has 3 rings (SSSR count). The fourth-order valence-electron chi connectivity index (χ4n) is 3.54. The minimum Gasteiger partial charge on any atom is -0.323 e. The lowest BCUT2D eigenvalue weighted by atomic mass is 10.0. The average molecular weight is 482 g/mol. The molecule has 0 aliphatic carbocycles. The normalized spacial score (nSPS) is 14.0. The third-order valence-electron chi connectivity index (χ3n) is 5.16. The third kappa shape index (κ3) is 4.92. The standard InChI is InChI=1S/C21H26BrClN4S/c1-4-27(5-2)13(3)6-9-16(24)20-15-8-7-14(23)12-17(15)25-21(26-20)18-10-11-19(22)28-18/h7-8,10-13,16H,4-6,9,24H2,1-3H3. The van der Waals surface area contributed by atoms with Gasteiger partial charge in [0.25, 0.3) is 0 Å². The van der Waals surface area contributed by atoms with Gasteiger partial charge in [-0.05, 0) is 79.1 Å². The maximum atomic E-state index is 6.64. The quantitative estimate of drug-likeness (QED) is 0.411. The Morgan fingerprint density at radius 2 is 1.89 bits per heavy atom. The van der Waals surface area contributed by atoms with E-state index in [2.05, 4.69) is 41.6 Å². The van der Waals surface area contributed by atoms with E-state index in [1.54, 1.807) is 11.3 Å². The van der Waals surface area contributed by atoms with Crippen molar-refractivity contribution in [2.75, 3.05) is 13.1 Å². The van der Waals surface area contributed by atoms with Gasteiger partial charge in [-0.15, -0.1) is 11.3 Å². The zero-order valence-corrected chi connectivity index (χ0v) is 19.6. The molecule has 1 aromatic carbocycles. The van der Waals surface area contributed by atoms with Gasteiger partial charge in [-0.3, -0.25) is 0 Å². The Balaban J connectivity index is 1.94. The van der Waals surface area contributed by atoms with Crippen LogP contribution in [0.2, 0.25) is 5.02 Å². The van der Waals surface area contributed by atoms with Gasteiger partial charge in [0.15, 0.2) is 5.82 Å². The molecular formula is C21H26BrClN4S. The molecule has 2 heterocycles. The minimum atomic E-state index is -0.146. The highest BCUT2D eigenvalue weighted by molar-refractivity contribution is 9.11. The first-order chi connectivity index (χ1) is 13.4. The predicted molar refractivity (Wildman–Crippen MR) is 124 cm³/mol. The number of halogens is 2. The summed E-state index contributed by atoms with van der Waals surface area (Å²) in [5.41, 5.74) is 8.37. The number of aromatic nitrogens is 2. The van der Waals surface area contributed by atoms with Gasteiger partial charge in [-0.25, -0.2) is 9.97 Å². The lowest BCUT2D eigenvalue weighted by Crippen LogP contribution is -2.33. The topological polar surface area (TPSA) is 55.0 Å². The minimum absolute atomic E-state index is 0.146. The van der Waals surface area contributed by atoms with Gasteiger partial charge in [0.05, 0.1) is 19.9 Å². The van der Waals surface area contributed by atoms with E-state index in [1.165, 1.54) is 0 Å². The molecule has 2 unspecified atom stereocenters. The van der Waals surface area contributed by atoms with Crippen molar-refractivity contribution in [2.24, 2.45) is 5.73 Å². The summed E-state index contributed by atoms with van der Waals surface area (Å²) in [7, 11) is 0. The fourth-order valence-corrected chi connectivity index (χ4v) is 5.03. The average Bonchev–Trinajstić information content (AvgIpc) is 3.12. The van der Waals surface area contributed by atoms with Crippen molar-refractivity contribution < 1.29 is 0 Å². The number of nitrogens with two attached hydrogens (primary N) is 1. The number of nitrogens with zero attached hydrogens (tertiary/aromatic N) is 3. The van der Waals surface area contributed by atoms with Gasteiger partial charge in [0.2, 0.25) is 0 Å². The lowest BCUT2D eigenvalue weighted by Gasteiger charge is -2.27. The molecule has 0 fully saturated rings. The Hall–Kier alpha value is -1.05.